The van der Waals surface area contributed by atoms with E-state index in [2.05, 4.69) is 23.3 Å². The molecule has 0 aromatic heterocycles. The van der Waals surface area contributed by atoms with E-state index in [9.17, 15) is 0 Å². The Morgan fingerprint density at radius 3 is 2.41 bits per heavy atom. The molecule has 2 atom stereocenters. The van der Waals surface area contributed by atoms with Crippen LogP contribution in [0.2, 0.25) is 0 Å². The summed E-state index contributed by atoms with van der Waals surface area (Å²) in [7, 11) is 2.23. The molecule has 0 saturated carbocycles. The number of fused-ring (bicyclic) bond motifs is 2. The summed E-state index contributed by atoms with van der Waals surface area (Å²) in [6, 6.07) is 4.63. The van der Waals surface area contributed by atoms with E-state index in [1.807, 2.05) is 13.8 Å². The highest BCUT2D eigenvalue weighted by molar-refractivity contribution is 4.96. The third-order valence-electron chi connectivity index (χ3n) is 4.46. The largest absolute Gasteiger partial charge is 0.311 e. The first kappa shape index (κ1) is 12.9. The Kier molecular flexibility index (Phi) is 3.75. The number of nitrogens with one attached hydrogen (secondary N) is 1. The highest BCUT2D eigenvalue weighted by Gasteiger charge is 2.35. The molecule has 0 aromatic carbocycles. The maximum atomic E-state index is 9.03. The smallest absolute Gasteiger partial charge is 0.0684 e. The lowest BCUT2D eigenvalue weighted by Crippen LogP contribution is -2.47. The van der Waals surface area contributed by atoms with Gasteiger partial charge in [-0.15, -0.1) is 0 Å². The lowest BCUT2D eigenvalue weighted by Gasteiger charge is -2.36. The zero-order chi connectivity index (χ0) is 12.5. The molecule has 2 bridgehead atoms. The van der Waals surface area contributed by atoms with Gasteiger partial charge in [-0.2, -0.15) is 5.26 Å². The molecule has 0 aromatic rings. The van der Waals surface area contributed by atoms with Crippen LogP contribution in [0.1, 0.15) is 46.0 Å². The Morgan fingerprint density at radius 2 is 1.88 bits per heavy atom. The summed E-state index contributed by atoms with van der Waals surface area (Å²) in [6.45, 7) is 5.12. The second-order valence-corrected chi connectivity index (χ2v) is 6.49. The molecule has 3 heteroatoms. The van der Waals surface area contributed by atoms with Crippen molar-refractivity contribution in [1.29, 1.82) is 5.26 Å². The number of hydrogen-bond donors (Lipinski definition) is 1. The van der Waals surface area contributed by atoms with Crippen LogP contribution in [0.3, 0.4) is 0 Å². The summed E-state index contributed by atoms with van der Waals surface area (Å²) < 4.78 is 0. The molecule has 96 valence electrons. The zero-order valence-electron chi connectivity index (χ0n) is 11.4. The molecular weight excluding hydrogens is 210 g/mol. The summed E-state index contributed by atoms with van der Waals surface area (Å²) in [5.41, 5.74) is -0.180. The second-order valence-electron chi connectivity index (χ2n) is 6.49. The SMILES string of the molecule is CN(CCC(C)(C)C#N)C1CC2CCC(C1)N2. The van der Waals surface area contributed by atoms with E-state index in [4.69, 9.17) is 5.26 Å². The summed E-state index contributed by atoms with van der Waals surface area (Å²) >= 11 is 0. The topological polar surface area (TPSA) is 39.1 Å². The number of nitrogens with zero attached hydrogens (tertiary/aromatic N) is 2. The molecule has 2 aliphatic heterocycles. The van der Waals surface area contributed by atoms with Crippen LogP contribution in [0.5, 0.6) is 0 Å². The Hall–Kier alpha value is -0.590. The molecular formula is C14H25N3. The van der Waals surface area contributed by atoms with Gasteiger partial charge in [0.1, 0.15) is 0 Å². The van der Waals surface area contributed by atoms with E-state index in [-0.39, 0.29) is 5.41 Å². The van der Waals surface area contributed by atoms with Crippen LogP contribution < -0.4 is 5.32 Å². The molecule has 2 unspecified atom stereocenters. The number of hydrogen-bond acceptors (Lipinski definition) is 3. The van der Waals surface area contributed by atoms with Crippen LogP contribution in [0.15, 0.2) is 0 Å². The fourth-order valence-corrected chi connectivity index (χ4v) is 3.08. The van der Waals surface area contributed by atoms with Gasteiger partial charge in [0.25, 0.3) is 0 Å². The third kappa shape index (κ3) is 3.20. The Bertz CT molecular complexity index is 293. The Morgan fingerprint density at radius 1 is 1.29 bits per heavy atom. The van der Waals surface area contributed by atoms with Crippen molar-refractivity contribution in [2.75, 3.05) is 13.6 Å². The average Bonchev–Trinajstić information content (AvgIpc) is 2.65. The van der Waals surface area contributed by atoms with E-state index in [0.29, 0.717) is 0 Å². The van der Waals surface area contributed by atoms with Crippen molar-refractivity contribution in [1.82, 2.24) is 10.2 Å². The minimum absolute atomic E-state index is 0.180. The van der Waals surface area contributed by atoms with Gasteiger partial charge in [0.05, 0.1) is 11.5 Å². The van der Waals surface area contributed by atoms with Crippen molar-refractivity contribution in [2.45, 2.75) is 64.1 Å². The maximum Gasteiger partial charge on any atom is 0.0684 e. The van der Waals surface area contributed by atoms with Gasteiger partial charge in [-0.3, -0.25) is 0 Å². The predicted molar refractivity (Wildman–Crippen MR) is 69.6 cm³/mol. The standard InChI is InChI=1S/C14H25N3/c1-14(2,10-15)6-7-17(3)13-8-11-4-5-12(9-13)16-11/h11-13,16H,4-9H2,1-3H3. The molecule has 0 amide bonds. The lowest BCUT2D eigenvalue weighted by atomic mass is 9.90. The van der Waals surface area contributed by atoms with Crippen molar-refractivity contribution in [3.05, 3.63) is 0 Å². The van der Waals surface area contributed by atoms with Crippen LogP contribution in [0, 0.1) is 16.7 Å². The molecule has 2 heterocycles. The first-order valence-electron chi connectivity index (χ1n) is 6.88. The summed E-state index contributed by atoms with van der Waals surface area (Å²) in [5.74, 6) is 0. The van der Waals surface area contributed by atoms with Crippen molar-refractivity contribution in [3.8, 4) is 6.07 Å². The van der Waals surface area contributed by atoms with Gasteiger partial charge < -0.3 is 10.2 Å². The summed E-state index contributed by atoms with van der Waals surface area (Å²) in [5, 5.41) is 12.7. The van der Waals surface area contributed by atoms with E-state index < -0.39 is 0 Å². The molecule has 2 fully saturated rings. The van der Waals surface area contributed by atoms with Crippen LogP contribution >= 0.6 is 0 Å². The molecule has 17 heavy (non-hydrogen) atoms. The van der Waals surface area contributed by atoms with Gasteiger partial charge in [-0.25, -0.2) is 0 Å². The first-order valence-corrected chi connectivity index (χ1v) is 6.88. The molecule has 2 aliphatic rings. The Balaban J connectivity index is 1.81. The van der Waals surface area contributed by atoms with Crippen LogP contribution in [-0.2, 0) is 0 Å². The molecule has 0 spiro atoms. The fraction of sp³-hybridized carbons (Fsp3) is 0.929. The fourth-order valence-electron chi connectivity index (χ4n) is 3.08. The van der Waals surface area contributed by atoms with Crippen LogP contribution in [-0.4, -0.2) is 36.6 Å². The average molecular weight is 235 g/mol. The maximum absolute atomic E-state index is 9.03. The van der Waals surface area contributed by atoms with E-state index >= 15 is 0 Å². The van der Waals surface area contributed by atoms with Gasteiger partial charge >= 0.3 is 0 Å². The highest BCUT2D eigenvalue weighted by atomic mass is 15.2. The van der Waals surface area contributed by atoms with Crippen molar-refractivity contribution >= 4 is 0 Å². The molecule has 1 N–H and O–H groups in total. The van der Waals surface area contributed by atoms with Gasteiger partial charge in [-0.05, 0) is 59.5 Å². The molecule has 0 aliphatic carbocycles. The molecule has 3 nitrogen and oxygen atoms in total. The van der Waals surface area contributed by atoms with E-state index in [0.717, 1.165) is 31.1 Å². The molecule has 2 rings (SSSR count). The number of piperidine rings is 1. The quantitative estimate of drug-likeness (QED) is 0.811. The van der Waals surface area contributed by atoms with E-state index in [1.54, 1.807) is 0 Å². The summed E-state index contributed by atoms with van der Waals surface area (Å²) in [6.07, 6.45) is 6.27. The minimum atomic E-state index is -0.180. The number of rotatable bonds is 4. The summed E-state index contributed by atoms with van der Waals surface area (Å²) in [4.78, 5) is 2.48. The second kappa shape index (κ2) is 4.96. The van der Waals surface area contributed by atoms with Gasteiger partial charge in [0, 0.05) is 18.1 Å². The predicted octanol–water partition coefficient (Wildman–Crippen LogP) is 2.14. The third-order valence-corrected chi connectivity index (χ3v) is 4.46. The molecule has 2 saturated heterocycles. The van der Waals surface area contributed by atoms with Crippen LogP contribution in [0.4, 0.5) is 0 Å². The number of nitriles is 1. The van der Waals surface area contributed by atoms with Crippen molar-refractivity contribution < 1.29 is 0 Å². The van der Waals surface area contributed by atoms with Crippen LogP contribution in [0.25, 0.3) is 0 Å². The zero-order valence-corrected chi connectivity index (χ0v) is 11.4. The van der Waals surface area contributed by atoms with Gasteiger partial charge in [0.15, 0.2) is 0 Å². The van der Waals surface area contributed by atoms with E-state index in [1.165, 1.54) is 25.7 Å². The van der Waals surface area contributed by atoms with Gasteiger partial charge in [0.2, 0.25) is 0 Å². The van der Waals surface area contributed by atoms with Crippen molar-refractivity contribution in [3.63, 3.8) is 0 Å². The monoisotopic (exact) mass is 235 g/mol. The lowest BCUT2D eigenvalue weighted by molar-refractivity contribution is 0.159. The molecule has 0 radical (unpaired) electrons. The minimum Gasteiger partial charge on any atom is -0.311 e. The Labute approximate surface area is 105 Å². The van der Waals surface area contributed by atoms with Gasteiger partial charge in [-0.1, -0.05) is 0 Å². The normalized spacial score (nSPS) is 32.8. The van der Waals surface area contributed by atoms with Crippen molar-refractivity contribution in [2.24, 2.45) is 5.41 Å². The first-order chi connectivity index (χ1) is 8.00. The highest BCUT2D eigenvalue weighted by Crippen LogP contribution is 2.30.